The van der Waals surface area contributed by atoms with Crippen molar-refractivity contribution in [3.8, 4) is 0 Å². The predicted molar refractivity (Wildman–Crippen MR) is 125 cm³/mol. The molecule has 3 heterocycles. The first-order chi connectivity index (χ1) is 16.4. The number of rotatable bonds is 8. The number of nitrogens with zero attached hydrogens (tertiary/aromatic N) is 4. The van der Waals surface area contributed by atoms with Crippen LogP contribution in [0.5, 0.6) is 0 Å². The maximum absolute atomic E-state index is 13.5. The number of hydrogen-bond acceptors (Lipinski definition) is 6. The molecule has 1 aromatic heterocycles. The molecular formula is C25H31FN4O4. The van der Waals surface area contributed by atoms with Gasteiger partial charge >= 0.3 is 0 Å². The molecule has 2 aliphatic heterocycles. The van der Waals surface area contributed by atoms with Gasteiger partial charge in [0, 0.05) is 38.5 Å². The van der Waals surface area contributed by atoms with E-state index in [0.717, 1.165) is 18.7 Å². The van der Waals surface area contributed by atoms with Crippen LogP contribution in [0, 0.1) is 11.7 Å². The van der Waals surface area contributed by atoms with Gasteiger partial charge in [-0.1, -0.05) is 26.0 Å². The highest BCUT2D eigenvalue weighted by Gasteiger charge is 2.36. The quantitative estimate of drug-likeness (QED) is 0.593. The summed E-state index contributed by atoms with van der Waals surface area (Å²) in [5.41, 5.74) is 1.42. The van der Waals surface area contributed by atoms with E-state index in [4.69, 9.17) is 9.15 Å². The Labute approximate surface area is 198 Å². The normalized spacial score (nSPS) is 18.9. The molecule has 1 atom stereocenters. The molecule has 2 amide bonds. The zero-order valence-electron chi connectivity index (χ0n) is 19.7. The van der Waals surface area contributed by atoms with Gasteiger partial charge in [0.2, 0.25) is 5.91 Å². The lowest BCUT2D eigenvalue weighted by atomic mass is 10.0. The second kappa shape index (κ2) is 10.9. The number of halogens is 1. The van der Waals surface area contributed by atoms with Crippen LogP contribution >= 0.6 is 0 Å². The molecule has 9 heteroatoms. The second-order valence-electron chi connectivity index (χ2n) is 8.90. The first-order valence-corrected chi connectivity index (χ1v) is 11.7. The third kappa shape index (κ3) is 5.71. The lowest BCUT2D eigenvalue weighted by Gasteiger charge is -2.31. The second-order valence-corrected chi connectivity index (χ2v) is 8.90. The van der Waals surface area contributed by atoms with Crippen LogP contribution in [0.25, 0.3) is 0 Å². The Balaban J connectivity index is 1.52. The summed E-state index contributed by atoms with van der Waals surface area (Å²) in [7, 11) is 0. The summed E-state index contributed by atoms with van der Waals surface area (Å²) in [6.45, 7) is 7.72. The highest BCUT2D eigenvalue weighted by Crippen LogP contribution is 2.33. The van der Waals surface area contributed by atoms with Crippen molar-refractivity contribution in [2.45, 2.75) is 26.3 Å². The molecule has 1 saturated heterocycles. The lowest BCUT2D eigenvalue weighted by molar-refractivity contribution is -0.143. The van der Waals surface area contributed by atoms with E-state index in [1.165, 1.54) is 17.1 Å². The number of hydrogen-bond donors (Lipinski definition) is 0. The van der Waals surface area contributed by atoms with E-state index in [-0.39, 0.29) is 30.1 Å². The number of carbonyl (C=O) groups is 2. The largest absolute Gasteiger partial charge is 0.467 e. The van der Waals surface area contributed by atoms with Gasteiger partial charge in [0.25, 0.3) is 5.91 Å². The molecule has 182 valence electrons. The van der Waals surface area contributed by atoms with E-state index in [1.807, 2.05) is 19.9 Å². The molecule has 2 aliphatic rings. The van der Waals surface area contributed by atoms with Crippen LogP contribution in [-0.2, 0) is 14.3 Å². The molecule has 0 aliphatic carbocycles. The van der Waals surface area contributed by atoms with E-state index >= 15 is 0 Å². The Kier molecular flexibility index (Phi) is 7.74. The fraction of sp³-hybridized carbons (Fsp3) is 0.480. The summed E-state index contributed by atoms with van der Waals surface area (Å²) in [5.74, 6) is -0.298. The van der Waals surface area contributed by atoms with Gasteiger partial charge in [-0.2, -0.15) is 5.10 Å². The molecule has 0 N–H and O–H groups in total. The van der Waals surface area contributed by atoms with E-state index in [0.29, 0.717) is 44.2 Å². The first-order valence-electron chi connectivity index (χ1n) is 11.7. The van der Waals surface area contributed by atoms with Crippen molar-refractivity contribution in [2.75, 3.05) is 45.9 Å². The van der Waals surface area contributed by atoms with Gasteiger partial charge < -0.3 is 14.1 Å². The monoisotopic (exact) mass is 470 g/mol. The van der Waals surface area contributed by atoms with Crippen molar-refractivity contribution < 1.29 is 23.1 Å². The van der Waals surface area contributed by atoms with Gasteiger partial charge in [-0.25, -0.2) is 9.40 Å². The fourth-order valence-corrected chi connectivity index (χ4v) is 4.21. The average Bonchev–Trinajstić information content (AvgIpc) is 3.52. The van der Waals surface area contributed by atoms with Crippen molar-refractivity contribution in [3.05, 3.63) is 59.8 Å². The van der Waals surface area contributed by atoms with E-state index in [9.17, 15) is 14.0 Å². The molecule has 0 bridgehead atoms. The molecule has 0 saturated carbocycles. The Morgan fingerprint density at radius 1 is 1.18 bits per heavy atom. The van der Waals surface area contributed by atoms with Gasteiger partial charge in [0.05, 0.1) is 25.2 Å². The minimum absolute atomic E-state index is 0.0707. The Morgan fingerprint density at radius 2 is 1.91 bits per heavy atom. The minimum Gasteiger partial charge on any atom is -0.467 e. The standard InChI is InChI=1S/C25H31FN4O4/c1-18(2)25(32)29(10-9-28-11-14-33-15-12-28)17-24(31)30-22(23-4-3-13-34-23)16-21(27-30)19-5-7-20(26)8-6-19/h3-8,13,18,22H,9-12,14-17H2,1-2H3/t22-/m0/s1. The summed E-state index contributed by atoms with van der Waals surface area (Å²) in [4.78, 5) is 30.2. The van der Waals surface area contributed by atoms with Crippen molar-refractivity contribution in [2.24, 2.45) is 11.0 Å². The maximum atomic E-state index is 13.5. The van der Waals surface area contributed by atoms with E-state index in [2.05, 4.69) is 10.0 Å². The molecule has 0 radical (unpaired) electrons. The maximum Gasteiger partial charge on any atom is 0.262 e. The highest BCUT2D eigenvalue weighted by molar-refractivity contribution is 6.03. The third-order valence-electron chi connectivity index (χ3n) is 6.14. The number of morpholine rings is 1. The van der Waals surface area contributed by atoms with Gasteiger partial charge in [0.15, 0.2) is 0 Å². The summed E-state index contributed by atoms with van der Waals surface area (Å²) in [6, 6.07) is 9.21. The Bertz CT molecular complexity index is 1000. The van der Waals surface area contributed by atoms with Crippen molar-refractivity contribution in [1.29, 1.82) is 0 Å². The number of ether oxygens (including phenoxy) is 1. The molecule has 8 nitrogen and oxygen atoms in total. The Hall–Kier alpha value is -3.04. The minimum atomic E-state index is -0.419. The zero-order chi connectivity index (χ0) is 24.1. The predicted octanol–water partition coefficient (Wildman–Crippen LogP) is 2.91. The molecule has 1 aromatic carbocycles. The molecule has 0 spiro atoms. The van der Waals surface area contributed by atoms with Crippen LogP contribution in [0.15, 0.2) is 52.2 Å². The number of furan rings is 1. The van der Waals surface area contributed by atoms with Crippen LogP contribution in [-0.4, -0.2) is 78.3 Å². The van der Waals surface area contributed by atoms with Crippen molar-refractivity contribution in [3.63, 3.8) is 0 Å². The molecule has 0 unspecified atom stereocenters. The zero-order valence-corrected chi connectivity index (χ0v) is 19.7. The third-order valence-corrected chi connectivity index (χ3v) is 6.14. The van der Waals surface area contributed by atoms with Crippen LogP contribution in [0.4, 0.5) is 4.39 Å². The fourth-order valence-electron chi connectivity index (χ4n) is 4.21. The molecule has 4 rings (SSSR count). The summed E-state index contributed by atoms with van der Waals surface area (Å²) < 4.78 is 24.4. The number of amides is 2. The highest BCUT2D eigenvalue weighted by atomic mass is 19.1. The molecule has 34 heavy (non-hydrogen) atoms. The van der Waals surface area contributed by atoms with Crippen LogP contribution in [0.2, 0.25) is 0 Å². The SMILES string of the molecule is CC(C)C(=O)N(CCN1CCOCC1)CC(=O)N1N=C(c2ccc(F)cc2)C[C@H]1c1ccco1. The average molecular weight is 471 g/mol. The van der Waals surface area contributed by atoms with Crippen LogP contribution in [0.3, 0.4) is 0 Å². The van der Waals surface area contributed by atoms with E-state index < -0.39 is 6.04 Å². The van der Waals surface area contributed by atoms with Gasteiger partial charge in [-0.3, -0.25) is 14.5 Å². The van der Waals surface area contributed by atoms with E-state index in [1.54, 1.807) is 29.4 Å². The van der Waals surface area contributed by atoms with Crippen LogP contribution in [0.1, 0.15) is 37.6 Å². The molecule has 1 fully saturated rings. The van der Waals surface area contributed by atoms with Gasteiger partial charge in [0.1, 0.15) is 24.2 Å². The van der Waals surface area contributed by atoms with Gasteiger partial charge in [-0.05, 0) is 29.8 Å². The topological polar surface area (TPSA) is 78.6 Å². The van der Waals surface area contributed by atoms with Crippen molar-refractivity contribution in [1.82, 2.24) is 14.8 Å². The summed E-state index contributed by atoms with van der Waals surface area (Å²) in [6.07, 6.45) is 2.00. The van der Waals surface area contributed by atoms with Crippen LogP contribution < -0.4 is 0 Å². The van der Waals surface area contributed by atoms with Gasteiger partial charge in [-0.15, -0.1) is 0 Å². The number of carbonyl (C=O) groups excluding carboxylic acids is 2. The van der Waals surface area contributed by atoms with Crippen molar-refractivity contribution >= 4 is 17.5 Å². The Morgan fingerprint density at radius 3 is 2.56 bits per heavy atom. The summed E-state index contributed by atoms with van der Waals surface area (Å²) >= 11 is 0. The number of benzene rings is 1. The molecular weight excluding hydrogens is 439 g/mol. The molecule has 2 aromatic rings. The summed E-state index contributed by atoms with van der Waals surface area (Å²) in [5, 5.41) is 6.00. The number of hydrazone groups is 1. The smallest absolute Gasteiger partial charge is 0.262 e. The first kappa shape index (κ1) is 24.1. The lowest BCUT2D eigenvalue weighted by Crippen LogP contribution is -2.47.